The Morgan fingerprint density at radius 2 is 1.85 bits per heavy atom. The van der Waals surface area contributed by atoms with Crippen LogP contribution in [0.15, 0.2) is 65.0 Å². The number of rotatable bonds is 8. The van der Waals surface area contributed by atoms with E-state index in [9.17, 15) is 9.59 Å². The molecule has 4 aromatic rings. The van der Waals surface area contributed by atoms with E-state index in [0.29, 0.717) is 29.9 Å². The Balaban J connectivity index is 1.50. The summed E-state index contributed by atoms with van der Waals surface area (Å²) < 4.78 is 6.74. The second kappa shape index (κ2) is 10.0. The van der Waals surface area contributed by atoms with Gasteiger partial charge in [0.25, 0.3) is 5.56 Å². The minimum Gasteiger partial charge on any atom is -0.497 e. The lowest BCUT2D eigenvalue weighted by molar-refractivity contribution is -0.131. The van der Waals surface area contributed by atoms with Crippen molar-refractivity contribution in [2.45, 2.75) is 33.4 Å². The van der Waals surface area contributed by atoms with Gasteiger partial charge in [-0.2, -0.15) is 0 Å². The lowest BCUT2D eigenvalue weighted by Crippen LogP contribution is -2.32. The van der Waals surface area contributed by atoms with Crippen molar-refractivity contribution in [1.29, 1.82) is 0 Å². The lowest BCUT2D eigenvalue weighted by Gasteiger charge is -2.21. The Hall–Kier alpha value is -3.45. The molecule has 0 saturated carbocycles. The molecule has 1 amide bonds. The molecule has 0 N–H and O–H groups in total. The van der Waals surface area contributed by atoms with Crippen molar-refractivity contribution in [3.05, 3.63) is 81.7 Å². The van der Waals surface area contributed by atoms with Crippen LogP contribution in [0.5, 0.6) is 5.75 Å². The highest BCUT2D eigenvalue weighted by Gasteiger charge is 2.16. The van der Waals surface area contributed by atoms with Gasteiger partial charge in [-0.3, -0.25) is 14.2 Å². The number of methoxy groups -OCH3 is 1. The molecule has 33 heavy (non-hydrogen) atoms. The number of aryl methyl sites for hydroxylation is 2. The van der Waals surface area contributed by atoms with Gasteiger partial charge >= 0.3 is 0 Å². The molecule has 4 rings (SSSR count). The molecule has 0 aliphatic carbocycles. The van der Waals surface area contributed by atoms with E-state index in [0.717, 1.165) is 22.4 Å². The van der Waals surface area contributed by atoms with Gasteiger partial charge in [-0.1, -0.05) is 42.0 Å². The fraction of sp³-hybridized carbons (Fsp3) is 0.269. The average Bonchev–Trinajstić information content (AvgIpc) is 3.28. The third kappa shape index (κ3) is 4.98. The van der Waals surface area contributed by atoms with Crippen LogP contribution in [0.3, 0.4) is 0 Å². The zero-order valence-electron chi connectivity index (χ0n) is 19.1. The maximum atomic E-state index is 13.2. The van der Waals surface area contributed by atoms with Crippen molar-refractivity contribution in [2.24, 2.45) is 0 Å². The van der Waals surface area contributed by atoms with Gasteiger partial charge in [0, 0.05) is 37.0 Å². The summed E-state index contributed by atoms with van der Waals surface area (Å²) in [4.78, 5) is 33.1. The smallest absolute Gasteiger partial charge is 0.262 e. The molecular formula is C26H27N3O3S. The average molecular weight is 462 g/mol. The minimum absolute atomic E-state index is 0.00407. The van der Waals surface area contributed by atoms with Gasteiger partial charge in [0.1, 0.15) is 10.6 Å². The van der Waals surface area contributed by atoms with E-state index in [1.807, 2.05) is 67.8 Å². The zero-order chi connectivity index (χ0) is 23.4. The zero-order valence-corrected chi connectivity index (χ0v) is 19.9. The number of hydrogen-bond donors (Lipinski definition) is 0. The first-order chi connectivity index (χ1) is 16.0. The predicted molar refractivity (Wildman–Crippen MR) is 133 cm³/mol. The van der Waals surface area contributed by atoms with E-state index in [2.05, 4.69) is 4.98 Å². The first-order valence-electron chi connectivity index (χ1n) is 10.9. The van der Waals surface area contributed by atoms with Crippen LogP contribution in [0.1, 0.15) is 24.5 Å². The Kier molecular flexibility index (Phi) is 6.89. The van der Waals surface area contributed by atoms with E-state index < -0.39 is 0 Å². The molecule has 0 saturated heterocycles. The summed E-state index contributed by atoms with van der Waals surface area (Å²) in [6, 6.07) is 15.8. The van der Waals surface area contributed by atoms with Gasteiger partial charge in [-0.05, 0) is 37.1 Å². The summed E-state index contributed by atoms with van der Waals surface area (Å²) in [5.74, 6) is 0.790. The fourth-order valence-electron chi connectivity index (χ4n) is 3.77. The highest BCUT2D eigenvalue weighted by molar-refractivity contribution is 7.17. The first-order valence-corrected chi connectivity index (χ1v) is 11.8. The Morgan fingerprint density at radius 1 is 1.12 bits per heavy atom. The van der Waals surface area contributed by atoms with Crippen molar-refractivity contribution in [1.82, 2.24) is 14.5 Å². The topological polar surface area (TPSA) is 64.4 Å². The number of hydrogen-bond acceptors (Lipinski definition) is 5. The molecular weight excluding hydrogens is 434 g/mol. The molecule has 0 atom stereocenters. The molecule has 6 nitrogen and oxygen atoms in total. The monoisotopic (exact) mass is 461 g/mol. The van der Waals surface area contributed by atoms with Gasteiger partial charge in [0.2, 0.25) is 5.91 Å². The van der Waals surface area contributed by atoms with E-state index >= 15 is 0 Å². The largest absolute Gasteiger partial charge is 0.497 e. The van der Waals surface area contributed by atoms with Crippen molar-refractivity contribution in [3.8, 4) is 16.9 Å². The van der Waals surface area contributed by atoms with Crippen LogP contribution in [0, 0.1) is 6.92 Å². The maximum Gasteiger partial charge on any atom is 0.262 e. The third-order valence-corrected chi connectivity index (χ3v) is 6.64. The second-order valence-corrected chi connectivity index (χ2v) is 8.80. The molecule has 0 bridgehead atoms. The molecule has 0 fully saturated rings. The summed E-state index contributed by atoms with van der Waals surface area (Å²) in [6.45, 7) is 5.41. The molecule has 170 valence electrons. The van der Waals surface area contributed by atoms with Crippen molar-refractivity contribution in [2.75, 3.05) is 13.7 Å². The van der Waals surface area contributed by atoms with Gasteiger partial charge in [-0.15, -0.1) is 11.3 Å². The Bertz CT molecular complexity index is 1310. The molecule has 0 unspecified atom stereocenters. The van der Waals surface area contributed by atoms with Gasteiger partial charge in [-0.25, -0.2) is 4.98 Å². The highest BCUT2D eigenvalue weighted by atomic mass is 32.1. The number of carbonyl (C=O) groups excluding carboxylic acids is 1. The molecule has 0 aliphatic heterocycles. The number of aromatic nitrogens is 2. The summed E-state index contributed by atoms with van der Waals surface area (Å²) in [6.07, 6.45) is 1.79. The number of fused-ring (bicyclic) bond motifs is 1. The maximum absolute atomic E-state index is 13.2. The fourth-order valence-corrected chi connectivity index (χ4v) is 4.68. The SMILES string of the molecule is CCN(Cc1ccc(OC)cc1)C(=O)CCn1cnc2scc(-c3ccc(C)cc3)c2c1=O. The molecule has 2 heterocycles. The van der Waals surface area contributed by atoms with E-state index in [1.165, 1.54) is 16.9 Å². The number of amides is 1. The van der Waals surface area contributed by atoms with E-state index in [4.69, 9.17) is 4.74 Å². The van der Waals surface area contributed by atoms with Crippen molar-refractivity contribution >= 4 is 27.5 Å². The highest BCUT2D eigenvalue weighted by Crippen LogP contribution is 2.30. The van der Waals surface area contributed by atoms with Crippen LogP contribution in [0.4, 0.5) is 0 Å². The normalized spacial score (nSPS) is 11.0. The predicted octanol–water partition coefficient (Wildman–Crippen LogP) is 4.88. The molecule has 2 aromatic heterocycles. The van der Waals surface area contributed by atoms with Crippen molar-refractivity contribution in [3.63, 3.8) is 0 Å². The summed E-state index contributed by atoms with van der Waals surface area (Å²) in [5.41, 5.74) is 3.98. The molecule has 0 spiro atoms. The van der Waals surface area contributed by atoms with Crippen LogP contribution in [-0.4, -0.2) is 34.0 Å². The molecule has 0 aliphatic rings. The van der Waals surface area contributed by atoms with Crippen molar-refractivity contribution < 1.29 is 9.53 Å². The van der Waals surface area contributed by atoms with Crippen LogP contribution >= 0.6 is 11.3 Å². The second-order valence-electron chi connectivity index (χ2n) is 7.94. The molecule has 7 heteroatoms. The van der Waals surface area contributed by atoms with Crippen LogP contribution in [0.25, 0.3) is 21.3 Å². The first kappa shape index (κ1) is 22.7. The number of thiophene rings is 1. The number of nitrogens with zero attached hydrogens (tertiary/aromatic N) is 3. The number of ether oxygens (including phenoxy) is 1. The van der Waals surface area contributed by atoms with Gasteiger partial charge < -0.3 is 9.64 Å². The van der Waals surface area contributed by atoms with Crippen LogP contribution < -0.4 is 10.3 Å². The standard InChI is InChI=1S/C26H27N3O3S/c1-4-28(15-19-7-11-21(32-3)12-8-19)23(30)13-14-29-17-27-25-24(26(29)31)22(16-33-25)20-9-5-18(2)6-10-20/h5-12,16-17H,4,13-15H2,1-3H3. The third-order valence-electron chi connectivity index (χ3n) is 5.76. The summed E-state index contributed by atoms with van der Waals surface area (Å²) in [5, 5.41) is 2.59. The molecule has 0 radical (unpaired) electrons. The molecule has 2 aromatic carbocycles. The summed E-state index contributed by atoms with van der Waals surface area (Å²) in [7, 11) is 1.63. The summed E-state index contributed by atoms with van der Waals surface area (Å²) >= 11 is 1.46. The van der Waals surface area contributed by atoms with E-state index in [-0.39, 0.29) is 17.9 Å². The quantitative estimate of drug-likeness (QED) is 0.375. The van der Waals surface area contributed by atoms with Crippen LogP contribution in [-0.2, 0) is 17.9 Å². The Morgan fingerprint density at radius 3 is 2.52 bits per heavy atom. The Labute approximate surface area is 197 Å². The number of benzene rings is 2. The van der Waals surface area contributed by atoms with Gasteiger partial charge in [0.15, 0.2) is 0 Å². The van der Waals surface area contributed by atoms with Gasteiger partial charge in [0.05, 0.1) is 18.8 Å². The number of carbonyl (C=O) groups is 1. The van der Waals surface area contributed by atoms with Crippen LogP contribution in [0.2, 0.25) is 0 Å². The minimum atomic E-state index is -0.108. The lowest BCUT2D eigenvalue weighted by atomic mass is 10.1. The van der Waals surface area contributed by atoms with E-state index in [1.54, 1.807) is 22.9 Å².